The second-order valence-corrected chi connectivity index (χ2v) is 8.60. The molecule has 0 spiro atoms. The van der Waals surface area contributed by atoms with Gasteiger partial charge in [0.2, 0.25) is 12.4 Å². The van der Waals surface area contributed by atoms with E-state index in [2.05, 4.69) is 21.4 Å². The van der Waals surface area contributed by atoms with E-state index in [4.69, 9.17) is 9.72 Å². The first-order valence-electron chi connectivity index (χ1n) is 11.0. The summed E-state index contributed by atoms with van der Waals surface area (Å²) in [4.78, 5) is 33.0. The number of ether oxygens (including phenoxy) is 1. The van der Waals surface area contributed by atoms with Gasteiger partial charge in [-0.15, -0.1) is 0 Å². The van der Waals surface area contributed by atoms with Crippen molar-refractivity contribution in [3.63, 3.8) is 0 Å². The summed E-state index contributed by atoms with van der Waals surface area (Å²) in [5, 5.41) is 11.4. The van der Waals surface area contributed by atoms with Crippen molar-refractivity contribution in [1.82, 2.24) is 19.9 Å². The number of methoxy groups -OCH3 is 1. The molecule has 2 N–H and O–H groups in total. The summed E-state index contributed by atoms with van der Waals surface area (Å²) in [7, 11) is 3.32. The normalized spacial score (nSPS) is 13.7. The highest BCUT2D eigenvalue weighted by Crippen LogP contribution is 2.31. The first-order valence-corrected chi connectivity index (χ1v) is 11.8. The van der Waals surface area contributed by atoms with Crippen LogP contribution in [-0.2, 0) is 11.3 Å². The zero-order valence-corrected chi connectivity index (χ0v) is 20.8. The number of halogens is 1. The van der Waals surface area contributed by atoms with E-state index in [1.54, 1.807) is 19.1 Å². The second-order valence-electron chi connectivity index (χ2n) is 7.75. The number of anilines is 2. The monoisotopic (exact) mass is 522 g/mol. The standard InChI is InChI=1S/C22H31BrN6O4/c1-4-26(2)21(32)19-20(27(15-31)11-12-30)25-22(29-10-6-5-9-24-29)28(19)14-16-7-8-18(33-3)17(23)13-16/h7-8,13,15,24,30H,4-6,9-12,14H2,1-3H3. The van der Waals surface area contributed by atoms with Crippen LogP contribution in [0.25, 0.3) is 0 Å². The van der Waals surface area contributed by atoms with Gasteiger partial charge in [-0.2, -0.15) is 4.98 Å². The lowest BCUT2D eigenvalue weighted by molar-refractivity contribution is -0.107. The number of nitrogens with zero attached hydrogens (tertiary/aromatic N) is 5. The molecular formula is C22H31BrN6O4. The number of amides is 2. The molecule has 2 amide bonds. The lowest BCUT2D eigenvalue weighted by Crippen LogP contribution is -2.45. The molecule has 1 saturated heterocycles. The van der Waals surface area contributed by atoms with E-state index in [1.165, 1.54) is 4.90 Å². The molecule has 33 heavy (non-hydrogen) atoms. The van der Waals surface area contributed by atoms with Crippen LogP contribution in [0.4, 0.5) is 11.8 Å². The number of imidazole rings is 1. The number of aliphatic hydroxyl groups excluding tert-OH is 1. The quantitative estimate of drug-likeness (QED) is 0.459. The average Bonchev–Trinajstić information content (AvgIpc) is 3.20. The minimum Gasteiger partial charge on any atom is -0.496 e. The van der Waals surface area contributed by atoms with E-state index in [9.17, 15) is 14.7 Å². The Hall–Kier alpha value is -2.63. The van der Waals surface area contributed by atoms with Crippen molar-refractivity contribution >= 4 is 40.0 Å². The van der Waals surface area contributed by atoms with E-state index < -0.39 is 0 Å². The van der Waals surface area contributed by atoms with Crippen LogP contribution in [0, 0.1) is 0 Å². The number of nitrogens with one attached hydrogen (secondary N) is 1. The maximum Gasteiger partial charge on any atom is 0.274 e. The van der Waals surface area contributed by atoms with Crippen LogP contribution in [0.5, 0.6) is 5.75 Å². The Morgan fingerprint density at radius 2 is 2.18 bits per heavy atom. The highest BCUT2D eigenvalue weighted by Gasteiger charge is 2.31. The lowest BCUT2D eigenvalue weighted by Gasteiger charge is -2.29. The van der Waals surface area contributed by atoms with Gasteiger partial charge in [0.15, 0.2) is 11.5 Å². The van der Waals surface area contributed by atoms with E-state index in [-0.39, 0.29) is 24.9 Å². The number of carbonyl (C=O) groups excluding carboxylic acids is 2. The average molecular weight is 523 g/mol. The summed E-state index contributed by atoms with van der Waals surface area (Å²) in [6.07, 6.45) is 2.63. The van der Waals surface area contributed by atoms with Gasteiger partial charge in [0.25, 0.3) is 5.91 Å². The van der Waals surface area contributed by atoms with Crippen molar-refractivity contribution in [1.29, 1.82) is 0 Å². The fourth-order valence-electron chi connectivity index (χ4n) is 3.69. The third kappa shape index (κ3) is 5.48. The molecule has 0 aliphatic carbocycles. The third-order valence-corrected chi connectivity index (χ3v) is 6.22. The molecule has 1 aromatic carbocycles. The Morgan fingerprint density at radius 1 is 1.39 bits per heavy atom. The summed E-state index contributed by atoms with van der Waals surface area (Å²) < 4.78 is 7.98. The molecule has 1 fully saturated rings. The first-order chi connectivity index (χ1) is 15.9. The predicted molar refractivity (Wildman–Crippen MR) is 130 cm³/mol. The summed E-state index contributed by atoms with van der Waals surface area (Å²) in [5.41, 5.74) is 4.57. The van der Waals surface area contributed by atoms with Gasteiger partial charge in [-0.25, -0.2) is 5.43 Å². The molecule has 2 heterocycles. The van der Waals surface area contributed by atoms with E-state index in [0.29, 0.717) is 36.9 Å². The van der Waals surface area contributed by atoms with Gasteiger partial charge >= 0.3 is 0 Å². The summed E-state index contributed by atoms with van der Waals surface area (Å²) in [5.74, 6) is 1.24. The van der Waals surface area contributed by atoms with Crippen LogP contribution >= 0.6 is 15.9 Å². The molecule has 0 radical (unpaired) electrons. The number of rotatable bonds is 10. The molecule has 0 bridgehead atoms. The lowest BCUT2D eigenvalue weighted by atomic mass is 10.2. The molecule has 0 atom stereocenters. The predicted octanol–water partition coefficient (Wildman–Crippen LogP) is 1.85. The van der Waals surface area contributed by atoms with Gasteiger partial charge in [-0.05, 0) is 53.4 Å². The van der Waals surface area contributed by atoms with Crippen LogP contribution in [0.3, 0.4) is 0 Å². The first kappa shape index (κ1) is 25.0. The molecule has 3 rings (SSSR count). The van der Waals surface area contributed by atoms with Crippen molar-refractivity contribution in [3.05, 3.63) is 33.9 Å². The van der Waals surface area contributed by atoms with E-state index in [1.807, 2.05) is 34.7 Å². The van der Waals surface area contributed by atoms with E-state index >= 15 is 0 Å². The molecule has 0 saturated carbocycles. The van der Waals surface area contributed by atoms with Crippen molar-refractivity contribution in [2.45, 2.75) is 26.3 Å². The molecule has 0 unspecified atom stereocenters. The molecule has 1 aliphatic rings. The Labute approximate surface area is 202 Å². The van der Waals surface area contributed by atoms with Crippen molar-refractivity contribution < 1.29 is 19.4 Å². The smallest absolute Gasteiger partial charge is 0.274 e. The fourth-order valence-corrected chi connectivity index (χ4v) is 4.27. The highest BCUT2D eigenvalue weighted by molar-refractivity contribution is 9.10. The van der Waals surface area contributed by atoms with Crippen LogP contribution in [-0.4, -0.2) is 78.8 Å². The SMILES string of the molecule is CCN(C)C(=O)c1c(N(C=O)CCO)nc(N2CCCCN2)n1Cc1ccc(OC)c(Br)c1. The fraction of sp³-hybridized carbons (Fsp3) is 0.500. The topological polar surface area (TPSA) is 103 Å². The number of aromatic nitrogens is 2. The van der Waals surface area contributed by atoms with Gasteiger partial charge in [-0.3, -0.25) is 24.1 Å². The maximum atomic E-state index is 13.5. The van der Waals surface area contributed by atoms with Crippen LogP contribution in [0.15, 0.2) is 22.7 Å². The molecular weight excluding hydrogens is 492 g/mol. The number of carbonyl (C=O) groups is 2. The van der Waals surface area contributed by atoms with Crippen molar-refractivity contribution in [2.75, 3.05) is 56.9 Å². The number of hydrogen-bond donors (Lipinski definition) is 2. The molecule has 11 heteroatoms. The molecule has 1 aliphatic heterocycles. The zero-order chi connectivity index (χ0) is 24.0. The minimum absolute atomic E-state index is 0.0393. The van der Waals surface area contributed by atoms with Crippen LogP contribution in [0.1, 0.15) is 35.8 Å². The Balaban J connectivity index is 2.18. The highest BCUT2D eigenvalue weighted by atomic mass is 79.9. The van der Waals surface area contributed by atoms with Crippen molar-refractivity contribution in [3.8, 4) is 5.75 Å². The largest absolute Gasteiger partial charge is 0.496 e. The summed E-state index contributed by atoms with van der Waals surface area (Å²) in [6, 6.07) is 5.73. The molecule has 1 aromatic heterocycles. The van der Waals surface area contributed by atoms with Gasteiger partial charge in [0, 0.05) is 26.7 Å². The summed E-state index contributed by atoms with van der Waals surface area (Å²) >= 11 is 3.53. The molecule has 2 aromatic rings. The van der Waals surface area contributed by atoms with Gasteiger partial charge in [-0.1, -0.05) is 6.07 Å². The number of hydrazine groups is 1. The van der Waals surface area contributed by atoms with Crippen LogP contribution in [0.2, 0.25) is 0 Å². The van der Waals surface area contributed by atoms with Crippen molar-refractivity contribution in [2.24, 2.45) is 0 Å². The third-order valence-electron chi connectivity index (χ3n) is 5.60. The zero-order valence-electron chi connectivity index (χ0n) is 19.3. The molecule has 180 valence electrons. The van der Waals surface area contributed by atoms with Gasteiger partial charge in [0.05, 0.1) is 31.3 Å². The second kappa shape index (κ2) is 11.5. The van der Waals surface area contributed by atoms with Gasteiger partial charge in [0.1, 0.15) is 5.75 Å². The van der Waals surface area contributed by atoms with Crippen LogP contribution < -0.4 is 20.1 Å². The number of aliphatic hydroxyl groups is 1. The molecule has 10 nitrogen and oxygen atoms in total. The minimum atomic E-state index is -0.249. The Bertz CT molecular complexity index is 976. The Kier molecular flexibility index (Phi) is 8.70. The maximum absolute atomic E-state index is 13.5. The number of benzene rings is 1. The Morgan fingerprint density at radius 3 is 2.76 bits per heavy atom. The number of hydrogen-bond acceptors (Lipinski definition) is 7. The van der Waals surface area contributed by atoms with Gasteiger partial charge < -0.3 is 14.7 Å². The summed E-state index contributed by atoms with van der Waals surface area (Å²) in [6.45, 7) is 4.05. The van der Waals surface area contributed by atoms with E-state index in [0.717, 1.165) is 36.0 Å².